The molecule has 2 heterocycles. The first-order valence-electron chi connectivity index (χ1n) is 7.04. The zero-order valence-corrected chi connectivity index (χ0v) is 12.7. The van der Waals surface area contributed by atoms with Gasteiger partial charge in [0, 0.05) is 5.92 Å². The van der Waals surface area contributed by atoms with E-state index in [-0.39, 0.29) is 0 Å². The van der Waals surface area contributed by atoms with Crippen LogP contribution in [0.25, 0.3) is 10.3 Å². The average molecular weight is 311 g/mol. The minimum Gasteiger partial charge on any atom is -0.478 e. The molecule has 0 radical (unpaired) electrons. The molecule has 4 rings (SSSR count). The number of nitrogens with zero attached hydrogens (tertiary/aromatic N) is 3. The van der Waals surface area contributed by atoms with Crippen LogP contribution in [0.3, 0.4) is 0 Å². The minimum atomic E-state index is -0.894. The maximum Gasteiger partial charge on any atom is 0.335 e. The van der Waals surface area contributed by atoms with Gasteiger partial charge in [-0.05, 0) is 37.0 Å². The molecule has 3 aromatic rings. The summed E-state index contributed by atoms with van der Waals surface area (Å²) < 4.78 is 0. The summed E-state index contributed by atoms with van der Waals surface area (Å²) >= 11 is 1.54. The number of carboxylic acids is 1. The molecule has 0 aliphatic heterocycles. The summed E-state index contributed by atoms with van der Waals surface area (Å²) in [6, 6.07) is 7.13. The first kappa shape index (κ1) is 13.3. The summed E-state index contributed by atoms with van der Waals surface area (Å²) in [7, 11) is 0. The molecule has 1 aliphatic carbocycles. The molecule has 0 saturated heterocycles. The maximum atomic E-state index is 10.9. The summed E-state index contributed by atoms with van der Waals surface area (Å²) in [6.07, 6.45) is 1.02. The molecule has 2 aromatic heterocycles. The summed E-state index contributed by atoms with van der Waals surface area (Å²) in [6.45, 7) is 1.90. The Morgan fingerprint density at radius 3 is 2.73 bits per heavy atom. The average Bonchev–Trinajstić information content (AvgIpc) is 3.17. The van der Waals surface area contributed by atoms with Gasteiger partial charge >= 0.3 is 5.97 Å². The highest BCUT2D eigenvalue weighted by atomic mass is 32.1. The van der Waals surface area contributed by atoms with E-state index >= 15 is 0 Å². The number of aryl methyl sites for hydroxylation is 1. The van der Waals surface area contributed by atoms with E-state index in [0.29, 0.717) is 17.4 Å². The number of fused-ring (bicyclic) bond motifs is 1. The van der Waals surface area contributed by atoms with Gasteiger partial charge in [-0.3, -0.25) is 0 Å². The Kier molecular flexibility index (Phi) is 2.94. The van der Waals surface area contributed by atoms with E-state index in [1.807, 2.05) is 19.1 Å². The normalized spacial score (nSPS) is 20.2. The third-order valence-corrected chi connectivity index (χ3v) is 4.78. The first-order chi connectivity index (χ1) is 10.6. The Labute approximate surface area is 130 Å². The molecule has 1 aliphatic rings. The van der Waals surface area contributed by atoms with E-state index in [4.69, 9.17) is 5.11 Å². The number of rotatable bonds is 3. The van der Waals surface area contributed by atoms with Crippen molar-refractivity contribution in [1.82, 2.24) is 15.0 Å². The third kappa shape index (κ3) is 2.16. The third-order valence-electron chi connectivity index (χ3n) is 4.06. The molecule has 1 saturated carbocycles. The summed E-state index contributed by atoms with van der Waals surface area (Å²) in [4.78, 5) is 25.3. The first-order valence-corrected chi connectivity index (χ1v) is 7.92. The maximum absolute atomic E-state index is 10.9. The van der Waals surface area contributed by atoms with Crippen LogP contribution in [-0.4, -0.2) is 26.0 Å². The number of benzene rings is 1. The molecule has 6 heteroatoms. The fourth-order valence-corrected chi connectivity index (χ4v) is 3.60. The fraction of sp³-hybridized carbons (Fsp3) is 0.250. The van der Waals surface area contributed by atoms with Crippen molar-refractivity contribution < 1.29 is 9.90 Å². The van der Waals surface area contributed by atoms with E-state index in [1.54, 1.807) is 17.6 Å². The van der Waals surface area contributed by atoms with Gasteiger partial charge in [-0.1, -0.05) is 12.1 Å². The van der Waals surface area contributed by atoms with Gasteiger partial charge in [-0.2, -0.15) is 0 Å². The fourth-order valence-electron chi connectivity index (χ4n) is 2.89. The lowest BCUT2D eigenvalue weighted by Crippen LogP contribution is -1.97. The number of carbonyl (C=O) groups is 1. The smallest absolute Gasteiger partial charge is 0.335 e. The Bertz CT molecular complexity index is 873. The van der Waals surface area contributed by atoms with Crippen LogP contribution in [0.1, 0.15) is 45.7 Å². The van der Waals surface area contributed by atoms with Crippen molar-refractivity contribution >= 4 is 27.7 Å². The largest absolute Gasteiger partial charge is 0.478 e. The van der Waals surface area contributed by atoms with Gasteiger partial charge in [0.2, 0.25) is 0 Å². The van der Waals surface area contributed by atoms with E-state index in [0.717, 1.165) is 33.8 Å². The summed E-state index contributed by atoms with van der Waals surface area (Å²) in [5, 5.41) is 8.96. The lowest BCUT2D eigenvalue weighted by molar-refractivity contribution is 0.0697. The van der Waals surface area contributed by atoms with Gasteiger partial charge in [0.1, 0.15) is 16.2 Å². The molecule has 22 heavy (non-hydrogen) atoms. The molecule has 0 spiro atoms. The minimum absolute atomic E-state index is 0.320. The number of hydrogen-bond donors (Lipinski definition) is 1. The second-order valence-corrected chi connectivity index (χ2v) is 6.37. The highest BCUT2D eigenvalue weighted by Crippen LogP contribution is 2.55. The highest BCUT2D eigenvalue weighted by molar-refractivity contribution is 7.16. The molecule has 2 atom stereocenters. The van der Waals surface area contributed by atoms with Gasteiger partial charge in [0.05, 0.1) is 16.8 Å². The molecule has 0 bridgehead atoms. The van der Waals surface area contributed by atoms with Crippen molar-refractivity contribution in [1.29, 1.82) is 0 Å². The number of carboxylic acid groups (broad SMARTS) is 1. The van der Waals surface area contributed by atoms with Crippen LogP contribution in [0.4, 0.5) is 0 Å². The number of aromatic carboxylic acids is 1. The second kappa shape index (κ2) is 4.84. The van der Waals surface area contributed by atoms with Gasteiger partial charge in [-0.25, -0.2) is 19.7 Å². The SMILES string of the molecule is Cc1nc(C2CC2c2ccc(C(=O)O)cc2)c2ncsc2n1. The summed E-state index contributed by atoms with van der Waals surface area (Å²) in [5.41, 5.74) is 5.22. The van der Waals surface area contributed by atoms with Crippen molar-refractivity contribution in [3.05, 3.63) is 52.4 Å². The van der Waals surface area contributed by atoms with Crippen LogP contribution >= 0.6 is 11.3 Å². The molecule has 0 amide bonds. The van der Waals surface area contributed by atoms with Crippen LogP contribution in [-0.2, 0) is 0 Å². The lowest BCUT2D eigenvalue weighted by atomic mass is 10.1. The van der Waals surface area contributed by atoms with Crippen molar-refractivity contribution in [2.45, 2.75) is 25.2 Å². The predicted molar refractivity (Wildman–Crippen MR) is 83.4 cm³/mol. The predicted octanol–water partition coefficient (Wildman–Crippen LogP) is 3.36. The standard InChI is InChI=1S/C16H13N3O2S/c1-8-18-13(14-15(19-8)22-7-17-14)12-6-11(12)9-2-4-10(5-3-9)16(20)21/h2-5,7,11-12H,6H2,1H3,(H,20,21). The molecule has 1 aromatic carbocycles. The van der Waals surface area contributed by atoms with Gasteiger partial charge in [0.15, 0.2) is 0 Å². The zero-order chi connectivity index (χ0) is 15.3. The number of thiazole rings is 1. The van der Waals surface area contributed by atoms with Crippen molar-refractivity contribution in [3.63, 3.8) is 0 Å². The van der Waals surface area contributed by atoms with Crippen molar-refractivity contribution in [2.75, 3.05) is 0 Å². The van der Waals surface area contributed by atoms with Gasteiger partial charge < -0.3 is 5.11 Å². The van der Waals surface area contributed by atoms with E-state index in [2.05, 4.69) is 15.0 Å². The van der Waals surface area contributed by atoms with Crippen LogP contribution in [0.15, 0.2) is 29.8 Å². The number of aromatic nitrogens is 3. The monoisotopic (exact) mass is 311 g/mol. The van der Waals surface area contributed by atoms with E-state index < -0.39 is 5.97 Å². The van der Waals surface area contributed by atoms with Crippen molar-refractivity contribution in [3.8, 4) is 0 Å². The Morgan fingerprint density at radius 1 is 1.23 bits per heavy atom. The van der Waals surface area contributed by atoms with Crippen LogP contribution in [0, 0.1) is 6.92 Å². The Morgan fingerprint density at radius 2 is 2.00 bits per heavy atom. The summed E-state index contributed by atoms with van der Waals surface area (Å²) in [5.74, 6) is 0.622. The molecule has 5 nitrogen and oxygen atoms in total. The molecule has 110 valence electrons. The van der Waals surface area contributed by atoms with Crippen LogP contribution in [0.5, 0.6) is 0 Å². The van der Waals surface area contributed by atoms with E-state index in [1.165, 1.54) is 11.3 Å². The molecular formula is C16H13N3O2S. The Hall–Kier alpha value is -2.34. The second-order valence-electron chi connectivity index (χ2n) is 5.54. The van der Waals surface area contributed by atoms with Crippen LogP contribution in [0.2, 0.25) is 0 Å². The Balaban J connectivity index is 1.66. The highest BCUT2D eigenvalue weighted by Gasteiger charge is 2.42. The van der Waals surface area contributed by atoms with Gasteiger partial charge in [-0.15, -0.1) is 11.3 Å². The van der Waals surface area contributed by atoms with Crippen LogP contribution < -0.4 is 0 Å². The number of hydrogen-bond acceptors (Lipinski definition) is 5. The quantitative estimate of drug-likeness (QED) is 0.802. The zero-order valence-electron chi connectivity index (χ0n) is 11.9. The van der Waals surface area contributed by atoms with E-state index in [9.17, 15) is 4.79 Å². The molecule has 1 fully saturated rings. The van der Waals surface area contributed by atoms with Crippen molar-refractivity contribution in [2.24, 2.45) is 0 Å². The molecular weight excluding hydrogens is 298 g/mol. The molecule has 2 unspecified atom stereocenters. The van der Waals surface area contributed by atoms with Gasteiger partial charge in [0.25, 0.3) is 0 Å². The lowest BCUT2D eigenvalue weighted by Gasteiger charge is -2.03. The molecule has 1 N–H and O–H groups in total. The topological polar surface area (TPSA) is 76.0 Å².